The second-order valence-electron chi connectivity index (χ2n) is 4.43. The zero-order valence-electron chi connectivity index (χ0n) is 11.5. The Morgan fingerprint density at radius 1 is 1.33 bits per heavy atom. The molecule has 0 radical (unpaired) electrons. The van der Waals surface area contributed by atoms with Gasteiger partial charge in [0.25, 0.3) is 5.91 Å². The van der Waals surface area contributed by atoms with Gasteiger partial charge in [0, 0.05) is 18.2 Å². The molecule has 0 unspecified atom stereocenters. The number of halogens is 1. The standard InChI is InChI=1S/C14H14ClNO3S2/c1-3-16(12-7-5-4-6-11(12)15)14(17)10-8-13(20-9-10)21(2,18)19/h4-9H,3H2,1-2H3. The molecule has 2 rings (SSSR count). The molecule has 0 aliphatic rings. The van der Waals surface area contributed by atoms with Gasteiger partial charge in [0.2, 0.25) is 0 Å². The van der Waals surface area contributed by atoms with Gasteiger partial charge in [0.1, 0.15) is 4.21 Å². The summed E-state index contributed by atoms with van der Waals surface area (Å²) in [6.45, 7) is 2.28. The Morgan fingerprint density at radius 2 is 2.00 bits per heavy atom. The number of sulfone groups is 1. The highest BCUT2D eigenvalue weighted by Crippen LogP contribution is 2.28. The summed E-state index contributed by atoms with van der Waals surface area (Å²) in [7, 11) is -3.30. The summed E-state index contributed by atoms with van der Waals surface area (Å²) in [6, 6.07) is 8.46. The van der Waals surface area contributed by atoms with Crippen molar-refractivity contribution in [2.75, 3.05) is 17.7 Å². The Bertz CT molecular complexity index is 768. The molecule has 0 saturated heterocycles. The van der Waals surface area contributed by atoms with Crippen molar-refractivity contribution in [3.05, 3.63) is 46.3 Å². The Kier molecular flexibility index (Phi) is 4.70. The topological polar surface area (TPSA) is 54.5 Å². The number of anilines is 1. The molecular weight excluding hydrogens is 330 g/mol. The molecule has 0 fully saturated rings. The first-order chi connectivity index (χ1) is 9.84. The number of carbonyl (C=O) groups is 1. The predicted octanol–water partition coefficient (Wildman–Crippen LogP) is 3.47. The van der Waals surface area contributed by atoms with E-state index in [4.69, 9.17) is 11.6 Å². The number of hydrogen-bond donors (Lipinski definition) is 0. The van der Waals surface area contributed by atoms with Crippen LogP contribution in [0.25, 0.3) is 0 Å². The van der Waals surface area contributed by atoms with E-state index >= 15 is 0 Å². The van der Waals surface area contributed by atoms with Crippen LogP contribution in [0.4, 0.5) is 5.69 Å². The first-order valence-electron chi connectivity index (χ1n) is 6.19. The Hall–Kier alpha value is -1.37. The van der Waals surface area contributed by atoms with E-state index in [0.717, 1.165) is 17.6 Å². The van der Waals surface area contributed by atoms with E-state index in [1.807, 2.05) is 6.92 Å². The van der Waals surface area contributed by atoms with Crippen molar-refractivity contribution in [2.45, 2.75) is 11.1 Å². The molecule has 21 heavy (non-hydrogen) atoms. The van der Waals surface area contributed by atoms with Gasteiger partial charge in [-0.05, 0) is 25.1 Å². The lowest BCUT2D eigenvalue weighted by molar-refractivity contribution is 0.0988. The Balaban J connectivity index is 2.38. The minimum Gasteiger partial charge on any atom is -0.307 e. The molecule has 0 aliphatic heterocycles. The first-order valence-corrected chi connectivity index (χ1v) is 9.34. The molecule has 112 valence electrons. The summed E-state index contributed by atoms with van der Waals surface area (Å²) in [4.78, 5) is 14.1. The molecule has 0 N–H and O–H groups in total. The van der Waals surface area contributed by atoms with E-state index in [-0.39, 0.29) is 10.1 Å². The highest BCUT2D eigenvalue weighted by atomic mass is 35.5. The number of nitrogens with zero attached hydrogens (tertiary/aromatic N) is 1. The van der Waals surface area contributed by atoms with E-state index in [1.165, 1.54) is 11.0 Å². The van der Waals surface area contributed by atoms with Crippen molar-refractivity contribution in [3.63, 3.8) is 0 Å². The second-order valence-corrected chi connectivity index (χ2v) is 7.99. The third kappa shape index (κ3) is 3.45. The van der Waals surface area contributed by atoms with Gasteiger partial charge in [-0.2, -0.15) is 0 Å². The molecule has 1 heterocycles. The fourth-order valence-corrected chi connectivity index (χ4v) is 3.90. The SMILES string of the molecule is CCN(C(=O)c1csc(S(C)(=O)=O)c1)c1ccccc1Cl. The third-order valence-electron chi connectivity index (χ3n) is 2.89. The summed E-state index contributed by atoms with van der Waals surface area (Å²) in [6.07, 6.45) is 1.12. The van der Waals surface area contributed by atoms with Gasteiger partial charge in [-0.3, -0.25) is 4.79 Å². The Labute approximate surface area is 132 Å². The lowest BCUT2D eigenvalue weighted by Crippen LogP contribution is -2.30. The van der Waals surface area contributed by atoms with Crippen LogP contribution in [0.1, 0.15) is 17.3 Å². The maximum Gasteiger partial charge on any atom is 0.259 e. The summed E-state index contributed by atoms with van der Waals surface area (Å²) in [5.41, 5.74) is 0.959. The van der Waals surface area contributed by atoms with E-state index in [2.05, 4.69) is 0 Å². The number of benzene rings is 1. The van der Waals surface area contributed by atoms with Crippen molar-refractivity contribution in [3.8, 4) is 0 Å². The molecule has 2 aromatic rings. The quantitative estimate of drug-likeness (QED) is 0.854. The van der Waals surface area contributed by atoms with Crippen LogP contribution in [0.2, 0.25) is 5.02 Å². The van der Waals surface area contributed by atoms with Crippen LogP contribution < -0.4 is 4.90 Å². The summed E-state index contributed by atoms with van der Waals surface area (Å²) in [5.74, 6) is -0.267. The molecule has 1 aromatic carbocycles. The minimum atomic E-state index is -3.30. The van der Waals surface area contributed by atoms with Crippen LogP contribution in [-0.2, 0) is 9.84 Å². The van der Waals surface area contributed by atoms with Crippen LogP contribution in [0.3, 0.4) is 0 Å². The maximum atomic E-state index is 12.5. The van der Waals surface area contributed by atoms with Gasteiger partial charge in [0.15, 0.2) is 9.84 Å². The van der Waals surface area contributed by atoms with Gasteiger partial charge >= 0.3 is 0 Å². The molecule has 4 nitrogen and oxygen atoms in total. The molecule has 0 bridgehead atoms. The van der Waals surface area contributed by atoms with Crippen molar-refractivity contribution in [2.24, 2.45) is 0 Å². The fourth-order valence-electron chi connectivity index (χ4n) is 1.87. The van der Waals surface area contributed by atoms with Crippen molar-refractivity contribution < 1.29 is 13.2 Å². The minimum absolute atomic E-state index is 0.182. The van der Waals surface area contributed by atoms with Crippen LogP contribution in [-0.4, -0.2) is 27.1 Å². The van der Waals surface area contributed by atoms with Crippen molar-refractivity contribution in [1.29, 1.82) is 0 Å². The van der Waals surface area contributed by atoms with Crippen molar-refractivity contribution >= 4 is 44.4 Å². The normalized spacial score (nSPS) is 11.4. The third-order valence-corrected chi connectivity index (χ3v) is 5.98. The maximum absolute atomic E-state index is 12.5. The molecule has 0 saturated carbocycles. The summed E-state index contributed by atoms with van der Waals surface area (Å²) < 4.78 is 23.2. The van der Waals surface area contributed by atoms with Crippen LogP contribution in [0, 0.1) is 0 Å². The van der Waals surface area contributed by atoms with Crippen LogP contribution in [0.15, 0.2) is 39.9 Å². The number of carbonyl (C=O) groups excluding carboxylic acids is 1. The molecule has 1 aromatic heterocycles. The van der Waals surface area contributed by atoms with E-state index in [0.29, 0.717) is 22.8 Å². The summed E-state index contributed by atoms with van der Waals surface area (Å²) in [5, 5.41) is 2.03. The highest BCUT2D eigenvalue weighted by Gasteiger charge is 2.21. The molecule has 0 atom stereocenters. The van der Waals surface area contributed by atoms with Gasteiger partial charge in [-0.25, -0.2) is 8.42 Å². The lowest BCUT2D eigenvalue weighted by Gasteiger charge is -2.21. The smallest absolute Gasteiger partial charge is 0.259 e. The number of amides is 1. The molecular formula is C14H14ClNO3S2. The average Bonchev–Trinajstić information content (AvgIpc) is 2.91. The second kappa shape index (κ2) is 6.17. The van der Waals surface area contributed by atoms with Crippen molar-refractivity contribution in [1.82, 2.24) is 0 Å². The summed E-state index contributed by atoms with van der Waals surface area (Å²) >= 11 is 7.16. The highest BCUT2D eigenvalue weighted by molar-refractivity contribution is 7.92. The van der Waals surface area contributed by atoms with Gasteiger partial charge < -0.3 is 4.90 Å². The molecule has 7 heteroatoms. The van der Waals surface area contributed by atoms with Gasteiger partial charge in [-0.1, -0.05) is 23.7 Å². The fraction of sp³-hybridized carbons (Fsp3) is 0.214. The van der Waals surface area contributed by atoms with Gasteiger partial charge in [-0.15, -0.1) is 11.3 Å². The number of hydrogen-bond acceptors (Lipinski definition) is 4. The van der Waals surface area contributed by atoms with E-state index < -0.39 is 9.84 Å². The lowest BCUT2D eigenvalue weighted by atomic mass is 10.2. The number of thiophene rings is 1. The number of rotatable bonds is 4. The van der Waals surface area contributed by atoms with Crippen LogP contribution in [0.5, 0.6) is 0 Å². The molecule has 1 amide bonds. The molecule has 0 aliphatic carbocycles. The van der Waals surface area contributed by atoms with Gasteiger partial charge in [0.05, 0.1) is 16.3 Å². The first kappa shape index (κ1) is 16.0. The van der Waals surface area contributed by atoms with E-state index in [1.54, 1.807) is 29.6 Å². The predicted molar refractivity (Wildman–Crippen MR) is 86.2 cm³/mol. The Morgan fingerprint density at radius 3 is 2.52 bits per heavy atom. The average molecular weight is 344 g/mol. The monoisotopic (exact) mass is 343 g/mol. The largest absolute Gasteiger partial charge is 0.307 e. The number of para-hydroxylation sites is 1. The molecule has 0 spiro atoms. The van der Waals surface area contributed by atoms with Crippen LogP contribution >= 0.6 is 22.9 Å². The zero-order valence-corrected chi connectivity index (χ0v) is 13.9. The zero-order chi connectivity index (χ0) is 15.6. The van der Waals surface area contributed by atoms with E-state index in [9.17, 15) is 13.2 Å².